The molecule has 1 aliphatic rings. The number of rotatable bonds is 3. The predicted molar refractivity (Wildman–Crippen MR) is 80.8 cm³/mol. The number of fused-ring (bicyclic) bond motifs is 1. The Morgan fingerprint density at radius 2 is 1.95 bits per heavy atom. The molecule has 0 radical (unpaired) electrons. The Morgan fingerprint density at radius 3 is 2.74 bits per heavy atom. The van der Waals surface area contributed by atoms with Crippen LogP contribution in [0.5, 0.6) is 0 Å². The summed E-state index contributed by atoms with van der Waals surface area (Å²) in [5.74, 6) is 0. The quantitative estimate of drug-likeness (QED) is 0.883. The number of aromatic amines is 1. The van der Waals surface area contributed by atoms with Crippen LogP contribution < -0.4 is 5.32 Å². The lowest BCUT2D eigenvalue weighted by molar-refractivity contribution is 0.244. The summed E-state index contributed by atoms with van der Waals surface area (Å²) in [6.45, 7) is 10.2. The second kappa shape index (κ2) is 5.35. The molecule has 0 spiro atoms. The molecule has 3 rings (SSSR count). The second-order valence-electron chi connectivity index (χ2n) is 5.62. The highest BCUT2D eigenvalue weighted by molar-refractivity contribution is 5.85. The number of hydrogen-bond donors (Lipinski definition) is 2. The van der Waals surface area contributed by atoms with Gasteiger partial charge in [-0.3, -0.25) is 0 Å². The number of H-pyrrole nitrogens is 1. The summed E-state index contributed by atoms with van der Waals surface area (Å²) in [6.07, 6.45) is 1.15. The van der Waals surface area contributed by atoms with Crippen LogP contribution in [0, 0.1) is 13.8 Å². The molecule has 3 nitrogen and oxygen atoms in total. The van der Waals surface area contributed by atoms with Crippen molar-refractivity contribution in [3.8, 4) is 0 Å². The van der Waals surface area contributed by atoms with E-state index in [2.05, 4.69) is 47.2 Å². The molecule has 3 heteroatoms. The van der Waals surface area contributed by atoms with Gasteiger partial charge in [0, 0.05) is 49.3 Å². The van der Waals surface area contributed by atoms with Crippen molar-refractivity contribution in [1.29, 1.82) is 0 Å². The van der Waals surface area contributed by atoms with E-state index in [9.17, 15) is 0 Å². The maximum absolute atomic E-state index is 3.51. The standard InChI is InChI=1S/C16H23N3/c1-12-3-4-16-15(11-12)14(13(2)18-16)5-8-19-9-6-17-7-10-19/h3-4,11,17-18H,5-10H2,1-2H3. The fourth-order valence-corrected chi connectivity index (χ4v) is 3.02. The molecular weight excluding hydrogens is 234 g/mol. The lowest BCUT2D eigenvalue weighted by Crippen LogP contribution is -2.44. The van der Waals surface area contributed by atoms with Crippen molar-refractivity contribution >= 4 is 10.9 Å². The number of nitrogens with zero attached hydrogens (tertiary/aromatic N) is 1. The Hall–Kier alpha value is -1.32. The molecule has 2 heterocycles. The molecule has 0 aliphatic carbocycles. The van der Waals surface area contributed by atoms with Crippen molar-refractivity contribution in [3.05, 3.63) is 35.0 Å². The molecule has 0 atom stereocenters. The van der Waals surface area contributed by atoms with E-state index in [1.807, 2.05) is 0 Å². The molecule has 2 aromatic rings. The van der Waals surface area contributed by atoms with Crippen molar-refractivity contribution in [2.45, 2.75) is 20.3 Å². The number of aromatic nitrogens is 1. The fraction of sp³-hybridized carbons (Fsp3) is 0.500. The van der Waals surface area contributed by atoms with Gasteiger partial charge in [-0.05, 0) is 38.0 Å². The van der Waals surface area contributed by atoms with Crippen LogP contribution in [0.4, 0.5) is 0 Å². The highest BCUT2D eigenvalue weighted by Crippen LogP contribution is 2.23. The molecule has 19 heavy (non-hydrogen) atoms. The van der Waals surface area contributed by atoms with Crippen LogP contribution in [0.25, 0.3) is 10.9 Å². The number of hydrogen-bond acceptors (Lipinski definition) is 2. The van der Waals surface area contributed by atoms with Crippen molar-refractivity contribution < 1.29 is 0 Å². The van der Waals surface area contributed by atoms with E-state index in [1.54, 1.807) is 0 Å². The topological polar surface area (TPSA) is 31.1 Å². The summed E-state index contributed by atoms with van der Waals surface area (Å²) in [5, 5.41) is 4.82. The first-order valence-corrected chi connectivity index (χ1v) is 7.25. The monoisotopic (exact) mass is 257 g/mol. The molecule has 0 bridgehead atoms. The van der Waals surface area contributed by atoms with E-state index >= 15 is 0 Å². The van der Waals surface area contributed by atoms with E-state index in [0.29, 0.717) is 0 Å². The van der Waals surface area contributed by atoms with Gasteiger partial charge in [0.15, 0.2) is 0 Å². The number of benzene rings is 1. The Kier molecular flexibility index (Phi) is 3.58. The third kappa shape index (κ3) is 2.67. The lowest BCUT2D eigenvalue weighted by Gasteiger charge is -2.27. The van der Waals surface area contributed by atoms with Crippen LogP contribution in [-0.4, -0.2) is 42.6 Å². The minimum absolute atomic E-state index is 1.13. The van der Waals surface area contributed by atoms with Crippen LogP contribution in [0.3, 0.4) is 0 Å². The zero-order valence-electron chi connectivity index (χ0n) is 11.9. The van der Waals surface area contributed by atoms with Gasteiger partial charge >= 0.3 is 0 Å². The van der Waals surface area contributed by atoms with Crippen LogP contribution in [0.15, 0.2) is 18.2 Å². The zero-order valence-corrected chi connectivity index (χ0v) is 11.9. The Bertz CT molecular complexity index is 565. The molecule has 1 aromatic carbocycles. The first-order valence-electron chi connectivity index (χ1n) is 7.25. The van der Waals surface area contributed by atoms with Crippen LogP contribution >= 0.6 is 0 Å². The Labute approximate surface area is 115 Å². The first kappa shape index (κ1) is 12.7. The summed E-state index contributed by atoms with van der Waals surface area (Å²) in [7, 11) is 0. The Morgan fingerprint density at radius 1 is 1.16 bits per heavy atom. The summed E-state index contributed by atoms with van der Waals surface area (Å²) in [6, 6.07) is 6.69. The minimum atomic E-state index is 1.13. The molecule has 0 saturated carbocycles. The maximum atomic E-state index is 3.51. The number of aryl methyl sites for hydroxylation is 2. The van der Waals surface area contributed by atoms with Crippen LogP contribution in [0.2, 0.25) is 0 Å². The smallest absolute Gasteiger partial charge is 0.0459 e. The van der Waals surface area contributed by atoms with Gasteiger partial charge in [0.05, 0.1) is 0 Å². The zero-order chi connectivity index (χ0) is 13.2. The molecule has 102 valence electrons. The van der Waals surface area contributed by atoms with Gasteiger partial charge < -0.3 is 15.2 Å². The van der Waals surface area contributed by atoms with E-state index in [1.165, 1.54) is 47.4 Å². The molecule has 1 aliphatic heterocycles. The van der Waals surface area contributed by atoms with Crippen molar-refractivity contribution in [1.82, 2.24) is 15.2 Å². The molecule has 1 aromatic heterocycles. The van der Waals surface area contributed by atoms with Crippen LogP contribution in [-0.2, 0) is 6.42 Å². The van der Waals surface area contributed by atoms with Gasteiger partial charge in [0.25, 0.3) is 0 Å². The molecular formula is C16H23N3. The normalized spacial score (nSPS) is 17.2. The average Bonchev–Trinajstić information content (AvgIpc) is 2.73. The van der Waals surface area contributed by atoms with Crippen molar-refractivity contribution in [2.75, 3.05) is 32.7 Å². The van der Waals surface area contributed by atoms with Crippen molar-refractivity contribution in [2.24, 2.45) is 0 Å². The largest absolute Gasteiger partial charge is 0.358 e. The number of nitrogens with one attached hydrogen (secondary N) is 2. The second-order valence-corrected chi connectivity index (χ2v) is 5.62. The minimum Gasteiger partial charge on any atom is -0.358 e. The van der Waals surface area contributed by atoms with Gasteiger partial charge in [-0.2, -0.15) is 0 Å². The van der Waals surface area contributed by atoms with E-state index in [-0.39, 0.29) is 0 Å². The Balaban J connectivity index is 1.79. The molecule has 1 fully saturated rings. The molecule has 2 N–H and O–H groups in total. The van der Waals surface area contributed by atoms with Crippen LogP contribution in [0.1, 0.15) is 16.8 Å². The number of piperazine rings is 1. The predicted octanol–water partition coefficient (Wildman–Crippen LogP) is 2.23. The summed E-state index contributed by atoms with van der Waals surface area (Å²) in [4.78, 5) is 6.07. The first-order chi connectivity index (χ1) is 9.24. The maximum Gasteiger partial charge on any atom is 0.0459 e. The summed E-state index contributed by atoms with van der Waals surface area (Å²) in [5.41, 5.74) is 5.45. The van der Waals surface area contributed by atoms with E-state index < -0.39 is 0 Å². The van der Waals surface area contributed by atoms with Gasteiger partial charge in [-0.15, -0.1) is 0 Å². The lowest BCUT2D eigenvalue weighted by atomic mass is 10.1. The molecule has 0 amide bonds. The molecule has 0 unspecified atom stereocenters. The third-order valence-electron chi connectivity index (χ3n) is 4.16. The van der Waals surface area contributed by atoms with E-state index in [4.69, 9.17) is 0 Å². The SMILES string of the molecule is Cc1ccc2[nH]c(C)c(CCN3CCNCC3)c2c1. The van der Waals surface area contributed by atoms with Gasteiger partial charge in [0.2, 0.25) is 0 Å². The van der Waals surface area contributed by atoms with Gasteiger partial charge in [-0.25, -0.2) is 0 Å². The van der Waals surface area contributed by atoms with Gasteiger partial charge in [-0.1, -0.05) is 11.6 Å². The highest BCUT2D eigenvalue weighted by Gasteiger charge is 2.12. The fourth-order valence-electron chi connectivity index (χ4n) is 3.02. The van der Waals surface area contributed by atoms with E-state index in [0.717, 1.165) is 19.5 Å². The van der Waals surface area contributed by atoms with Crippen molar-refractivity contribution in [3.63, 3.8) is 0 Å². The third-order valence-corrected chi connectivity index (χ3v) is 4.16. The van der Waals surface area contributed by atoms with Gasteiger partial charge in [0.1, 0.15) is 0 Å². The highest BCUT2D eigenvalue weighted by atomic mass is 15.2. The summed E-state index contributed by atoms with van der Waals surface area (Å²) < 4.78 is 0. The summed E-state index contributed by atoms with van der Waals surface area (Å²) >= 11 is 0. The molecule has 1 saturated heterocycles. The average molecular weight is 257 g/mol.